The molecule has 0 saturated carbocycles. The molecule has 1 aromatic carbocycles. The number of nitrogens with one attached hydrogen (secondary N) is 1. The van der Waals surface area contributed by atoms with Crippen molar-refractivity contribution in [3.05, 3.63) is 42.6 Å². The molecule has 0 spiro atoms. The molecule has 4 rings (SSSR count). The zero-order valence-electron chi connectivity index (χ0n) is 17.2. The fourth-order valence-electron chi connectivity index (χ4n) is 3.80. The summed E-state index contributed by atoms with van der Waals surface area (Å²) in [6.07, 6.45) is 1.67. The van der Waals surface area contributed by atoms with Gasteiger partial charge >= 0.3 is 5.97 Å². The van der Waals surface area contributed by atoms with Crippen LogP contribution in [-0.4, -0.2) is 72.8 Å². The van der Waals surface area contributed by atoms with Crippen LogP contribution < -0.4 is 19.7 Å². The summed E-state index contributed by atoms with van der Waals surface area (Å²) in [5.41, 5.74) is 0.558. The van der Waals surface area contributed by atoms with Crippen LogP contribution in [0.1, 0.15) is 6.42 Å². The van der Waals surface area contributed by atoms with Crippen LogP contribution in [0.4, 0.5) is 11.5 Å². The summed E-state index contributed by atoms with van der Waals surface area (Å²) in [6, 6.07) is 11.0. The molecule has 0 radical (unpaired) electrons. The molecule has 164 valence electrons. The number of rotatable bonds is 7. The van der Waals surface area contributed by atoms with Gasteiger partial charge in [-0.15, -0.1) is 0 Å². The Hall–Kier alpha value is -3.33. The van der Waals surface area contributed by atoms with E-state index in [1.165, 1.54) is 0 Å². The molecule has 0 aliphatic carbocycles. The molecule has 2 N–H and O–H groups in total. The Morgan fingerprint density at radius 3 is 2.55 bits per heavy atom. The van der Waals surface area contributed by atoms with E-state index in [0.717, 1.165) is 32.0 Å². The Kier molecular flexibility index (Phi) is 6.51. The van der Waals surface area contributed by atoms with Gasteiger partial charge in [0.25, 0.3) is 0 Å². The third-order valence-corrected chi connectivity index (χ3v) is 5.43. The number of nitrogens with zero attached hydrogens (tertiary/aromatic N) is 3. The number of fused-ring (bicyclic) bond motifs is 1. The molecule has 2 aliphatic heterocycles. The number of amides is 1. The lowest BCUT2D eigenvalue weighted by atomic mass is 10.0. The fourth-order valence-corrected chi connectivity index (χ4v) is 3.80. The third kappa shape index (κ3) is 5.43. The summed E-state index contributed by atoms with van der Waals surface area (Å²) in [4.78, 5) is 32.9. The first-order valence-corrected chi connectivity index (χ1v) is 10.4. The van der Waals surface area contributed by atoms with Crippen molar-refractivity contribution < 1.29 is 24.2 Å². The molecule has 1 atom stereocenters. The average Bonchev–Trinajstić information content (AvgIpc) is 2.79. The van der Waals surface area contributed by atoms with Crippen LogP contribution in [0.2, 0.25) is 0 Å². The van der Waals surface area contributed by atoms with Crippen molar-refractivity contribution in [1.82, 2.24) is 9.88 Å². The van der Waals surface area contributed by atoms with E-state index in [1.807, 2.05) is 18.2 Å². The van der Waals surface area contributed by atoms with Crippen molar-refractivity contribution in [3.8, 4) is 11.5 Å². The number of carboxylic acid groups (broad SMARTS) is 1. The van der Waals surface area contributed by atoms with Crippen LogP contribution in [0.3, 0.4) is 0 Å². The van der Waals surface area contributed by atoms with Crippen LogP contribution >= 0.6 is 0 Å². The molecule has 1 amide bonds. The molecule has 1 fully saturated rings. The number of aromatic nitrogens is 1. The summed E-state index contributed by atoms with van der Waals surface area (Å²) in [6.45, 7) is 4.28. The van der Waals surface area contributed by atoms with Crippen LogP contribution in [0.5, 0.6) is 11.5 Å². The van der Waals surface area contributed by atoms with Gasteiger partial charge in [-0.25, -0.2) is 4.98 Å². The second kappa shape index (κ2) is 9.65. The molecule has 9 nitrogen and oxygen atoms in total. The number of benzene rings is 1. The van der Waals surface area contributed by atoms with E-state index >= 15 is 0 Å². The Balaban J connectivity index is 1.29. The number of ether oxygens (including phenoxy) is 2. The molecule has 1 saturated heterocycles. The topological polar surface area (TPSA) is 104 Å². The van der Waals surface area contributed by atoms with E-state index in [9.17, 15) is 14.7 Å². The number of carbonyl (C=O) groups excluding carboxylic acids is 1. The molecular formula is C22H26N4O5. The molecule has 2 aromatic rings. The molecule has 1 aromatic heterocycles. The van der Waals surface area contributed by atoms with Crippen molar-refractivity contribution in [2.75, 3.05) is 56.2 Å². The quantitative estimate of drug-likeness (QED) is 0.690. The lowest BCUT2D eigenvalue weighted by Gasteiger charge is -2.36. The minimum Gasteiger partial charge on any atom is -0.486 e. The van der Waals surface area contributed by atoms with Crippen LogP contribution in [0.15, 0.2) is 42.6 Å². The van der Waals surface area contributed by atoms with Gasteiger partial charge in [0.2, 0.25) is 5.91 Å². The van der Waals surface area contributed by atoms with Gasteiger partial charge in [-0.05, 0) is 24.3 Å². The number of hydrogen-bond acceptors (Lipinski definition) is 7. The van der Waals surface area contributed by atoms with Gasteiger partial charge in [-0.1, -0.05) is 6.07 Å². The number of pyridine rings is 1. The van der Waals surface area contributed by atoms with E-state index in [0.29, 0.717) is 36.9 Å². The first-order chi connectivity index (χ1) is 15.1. The number of piperazine rings is 1. The Morgan fingerprint density at radius 2 is 1.84 bits per heavy atom. The molecule has 9 heteroatoms. The van der Waals surface area contributed by atoms with Gasteiger partial charge < -0.3 is 24.8 Å². The maximum absolute atomic E-state index is 12.5. The van der Waals surface area contributed by atoms with Crippen molar-refractivity contribution in [2.45, 2.75) is 6.42 Å². The van der Waals surface area contributed by atoms with Crippen molar-refractivity contribution in [3.63, 3.8) is 0 Å². The monoisotopic (exact) mass is 426 g/mol. The van der Waals surface area contributed by atoms with Crippen molar-refractivity contribution in [2.24, 2.45) is 5.92 Å². The van der Waals surface area contributed by atoms with Gasteiger partial charge in [0.15, 0.2) is 11.5 Å². The minimum absolute atomic E-state index is 0.0930. The highest BCUT2D eigenvalue weighted by Gasteiger charge is 2.27. The molecule has 3 heterocycles. The number of carboxylic acids is 1. The summed E-state index contributed by atoms with van der Waals surface area (Å²) in [7, 11) is 0. The van der Waals surface area contributed by atoms with Gasteiger partial charge in [0.05, 0.1) is 5.92 Å². The largest absolute Gasteiger partial charge is 0.486 e. The smallest absolute Gasteiger partial charge is 0.308 e. The lowest BCUT2D eigenvalue weighted by Crippen LogP contribution is -2.49. The molecular weight excluding hydrogens is 400 g/mol. The normalized spacial score (nSPS) is 17.1. The molecule has 0 bridgehead atoms. The summed E-state index contributed by atoms with van der Waals surface area (Å²) in [5, 5.41) is 12.4. The maximum Gasteiger partial charge on any atom is 0.308 e. The predicted molar refractivity (Wildman–Crippen MR) is 115 cm³/mol. The second-order valence-electron chi connectivity index (χ2n) is 7.62. The minimum atomic E-state index is -0.968. The van der Waals surface area contributed by atoms with Crippen molar-refractivity contribution >= 4 is 23.4 Å². The second-order valence-corrected chi connectivity index (χ2v) is 7.62. The first-order valence-electron chi connectivity index (χ1n) is 10.4. The zero-order valence-corrected chi connectivity index (χ0v) is 17.2. The highest BCUT2D eigenvalue weighted by Crippen LogP contribution is 2.32. The highest BCUT2D eigenvalue weighted by molar-refractivity contribution is 5.93. The fraction of sp³-hybridized carbons (Fsp3) is 0.409. The highest BCUT2D eigenvalue weighted by atomic mass is 16.6. The first kappa shape index (κ1) is 20.9. The van der Waals surface area contributed by atoms with E-state index in [1.54, 1.807) is 24.4 Å². The van der Waals surface area contributed by atoms with Crippen LogP contribution in [0.25, 0.3) is 0 Å². The number of hydrogen-bond donors (Lipinski definition) is 2. The summed E-state index contributed by atoms with van der Waals surface area (Å²) < 4.78 is 11.0. The van der Waals surface area contributed by atoms with Gasteiger partial charge in [0, 0.05) is 57.1 Å². The van der Waals surface area contributed by atoms with Gasteiger partial charge in [0.1, 0.15) is 19.0 Å². The lowest BCUT2D eigenvalue weighted by molar-refractivity contribution is -0.144. The molecule has 2 aliphatic rings. The molecule has 31 heavy (non-hydrogen) atoms. The zero-order chi connectivity index (χ0) is 21.6. The SMILES string of the molecule is O=C(C[C@H](CN1CCN(c2ccccn2)CC1)C(=O)O)Nc1ccc2c(c1)OCCO2. The van der Waals surface area contributed by atoms with E-state index in [-0.39, 0.29) is 12.3 Å². The number of anilines is 2. The number of carbonyl (C=O) groups is 2. The maximum atomic E-state index is 12.5. The van der Waals surface area contributed by atoms with Crippen molar-refractivity contribution in [1.29, 1.82) is 0 Å². The Labute approximate surface area is 180 Å². The van der Waals surface area contributed by atoms with Crippen LogP contribution in [0, 0.1) is 5.92 Å². The Bertz CT molecular complexity index is 915. The standard InChI is InChI=1S/C22H26N4O5/c27-21(24-17-4-5-18-19(14-17)31-12-11-30-18)13-16(22(28)29)15-25-7-9-26(10-8-25)20-3-1-2-6-23-20/h1-6,14,16H,7-13,15H2,(H,24,27)(H,28,29)/t16-/m1/s1. The number of aliphatic carboxylic acids is 1. The van der Waals surface area contributed by atoms with Crippen LogP contribution in [-0.2, 0) is 9.59 Å². The Morgan fingerprint density at radius 1 is 1.06 bits per heavy atom. The van der Waals surface area contributed by atoms with E-state index < -0.39 is 11.9 Å². The van der Waals surface area contributed by atoms with E-state index in [4.69, 9.17) is 9.47 Å². The van der Waals surface area contributed by atoms with Gasteiger partial charge in [-0.2, -0.15) is 0 Å². The molecule has 0 unspecified atom stereocenters. The summed E-state index contributed by atoms with van der Waals surface area (Å²) in [5.74, 6) is 0.0529. The predicted octanol–water partition coefficient (Wildman–Crippen LogP) is 1.70. The van der Waals surface area contributed by atoms with Gasteiger partial charge in [-0.3, -0.25) is 14.5 Å². The summed E-state index contributed by atoms with van der Waals surface area (Å²) >= 11 is 0. The third-order valence-electron chi connectivity index (χ3n) is 5.43. The van der Waals surface area contributed by atoms with E-state index in [2.05, 4.69) is 20.1 Å². The average molecular weight is 426 g/mol.